The van der Waals surface area contributed by atoms with Crippen molar-refractivity contribution in [3.8, 4) is 0 Å². The molecule has 0 spiro atoms. The van der Waals surface area contributed by atoms with Crippen LogP contribution in [0.1, 0.15) is 39.5 Å². The first kappa shape index (κ1) is 16.3. The van der Waals surface area contributed by atoms with Crippen molar-refractivity contribution in [2.24, 2.45) is 0 Å². The van der Waals surface area contributed by atoms with Crippen LogP contribution < -0.4 is 5.32 Å². The molecule has 1 aliphatic carbocycles. The van der Waals surface area contributed by atoms with Crippen LogP contribution in [0.15, 0.2) is 47.1 Å². The lowest BCUT2D eigenvalue weighted by Gasteiger charge is -2.31. The van der Waals surface area contributed by atoms with E-state index in [1.54, 1.807) is 11.1 Å². The van der Waals surface area contributed by atoms with Gasteiger partial charge in [0.1, 0.15) is 0 Å². The third-order valence-corrected chi connectivity index (χ3v) is 4.45. The van der Waals surface area contributed by atoms with Crippen molar-refractivity contribution in [3.05, 3.63) is 47.1 Å². The molecule has 0 aromatic rings. The van der Waals surface area contributed by atoms with Gasteiger partial charge in [0.05, 0.1) is 0 Å². The van der Waals surface area contributed by atoms with Gasteiger partial charge in [-0.05, 0) is 50.7 Å². The van der Waals surface area contributed by atoms with Crippen molar-refractivity contribution in [1.29, 1.82) is 0 Å². The highest BCUT2D eigenvalue weighted by molar-refractivity contribution is 5.44. The molecule has 1 aliphatic heterocycles. The minimum Gasteiger partial charge on any atom is -0.314 e. The molecule has 0 aromatic heterocycles. The van der Waals surface area contributed by atoms with Crippen molar-refractivity contribution < 1.29 is 0 Å². The van der Waals surface area contributed by atoms with Crippen LogP contribution in [0.25, 0.3) is 0 Å². The van der Waals surface area contributed by atoms with Crippen LogP contribution in [0.5, 0.6) is 0 Å². The smallest absolute Gasteiger partial charge is 0.0200 e. The van der Waals surface area contributed by atoms with E-state index >= 15 is 0 Å². The van der Waals surface area contributed by atoms with Gasteiger partial charge in [0.25, 0.3) is 0 Å². The first-order chi connectivity index (χ1) is 10.3. The molecular formula is C19H30N2. The van der Waals surface area contributed by atoms with E-state index in [1.807, 2.05) is 0 Å². The van der Waals surface area contributed by atoms with Gasteiger partial charge in [0.15, 0.2) is 0 Å². The molecule has 0 bridgehead atoms. The van der Waals surface area contributed by atoms with Crippen LogP contribution in [0.4, 0.5) is 0 Å². The van der Waals surface area contributed by atoms with Crippen LogP contribution in [0.2, 0.25) is 0 Å². The first-order valence-electron chi connectivity index (χ1n) is 8.45. The van der Waals surface area contributed by atoms with Crippen LogP contribution in [0.3, 0.4) is 0 Å². The summed E-state index contributed by atoms with van der Waals surface area (Å²) in [6, 6.07) is 0. The summed E-state index contributed by atoms with van der Waals surface area (Å²) in [5.74, 6) is 0. The highest BCUT2D eigenvalue weighted by atomic mass is 15.2. The minimum absolute atomic E-state index is 1.14. The van der Waals surface area contributed by atoms with Crippen LogP contribution in [0, 0.1) is 0 Å². The van der Waals surface area contributed by atoms with Crippen LogP contribution in [-0.2, 0) is 0 Å². The molecule has 0 radical (unpaired) electrons. The fourth-order valence-corrected chi connectivity index (χ4v) is 3.27. The Morgan fingerprint density at radius 1 is 1.10 bits per heavy atom. The Morgan fingerprint density at radius 2 is 1.86 bits per heavy atom. The molecule has 0 unspecified atom stereocenters. The number of rotatable bonds is 5. The number of nitrogens with zero attached hydrogens (tertiary/aromatic N) is 1. The molecule has 2 aliphatic rings. The van der Waals surface area contributed by atoms with E-state index in [4.69, 9.17) is 0 Å². The summed E-state index contributed by atoms with van der Waals surface area (Å²) in [6.45, 7) is 10.1. The summed E-state index contributed by atoms with van der Waals surface area (Å²) >= 11 is 0. The van der Waals surface area contributed by atoms with Crippen LogP contribution in [-0.4, -0.2) is 37.6 Å². The maximum absolute atomic E-state index is 3.44. The predicted molar refractivity (Wildman–Crippen MR) is 92.5 cm³/mol. The number of piperazine rings is 1. The van der Waals surface area contributed by atoms with Gasteiger partial charge in [-0.2, -0.15) is 0 Å². The van der Waals surface area contributed by atoms with Crippen molar-refractivity contribution >= 4 is 0 Å². The minimum atomic E-state index is 1.14. The van der Waals surface area contributed by atoms with Crippen molar-refractivity contribution in [1.82, 2.24) is 10.2 Å². The molecule has 0 aromatic carbocycles. The highest BCUT2D eigenvalue weighted by Gasteiger charge is 2.18. The third kappa shape index (κ3) is 4.98. The summed E-state index contributed by atoms with van der Waals surface area (Å²) in [5, 5.41) is 3.44. The lowest BCUT2D eigenvalue weighted by atomic mass is 9.86. The number of hydrogen-bond donors (Lipinski definition) is 1. The van der Waals surface area contributed by atoms with E-state index in [0.717, 1.165) is 13.1 Å². The second kappa shape index (κ2) is 9.01. The van der Waals surface area contributed by atoms with Crippen molar-refractivity contribution in [2.75, 3.05) is 32.7 Å². The first-order valence-corrected chi connectivity index (χ1v) is 8.45. The highest BCUT2D eigenvalue weighted by Crippen LogP contribution is 2.31. The Balaban J connectivity index is 2.13. The molecule has 1 fully saturated rings. The Hall–Kier alpha value is -1.12. The van der Waals surface area contributed by atoms with Gasteiger partial charge < -0.3 is 5.32 Å². The maximum atomic E-state index is 3.44. The summed E-state index contributed by atoms with van der Waals surface area (Å²) < 4.78 is 0. The third-order valence-electron chi connectivity index (χ3n) is 4.45. The fraction of sp³-hybridized carbons (Fsp3) is 0.579. The van der Waals surface area contributed by atoms with Gasteiger partial charge in [-0.3, -0.25) is 4.90 Å². The average molecular weight is 286 g/mol. The lowest BCUT2D eigenvalue weighted by Crippen LogP contribution is -2.44. The summed E-state index contributed by atoms with van der Waals surface area (Å²) in [4.78, 5) is 2.61. The summed E-state index contributed by atoms with van der Waals surface area (Å²) in [5.41, 5.74) is 4.72. The molecule has 2 rings (SSSR count). The van der Waals surface area contributed by atoms with E-state index in [-0.39, 0.29) is 0 Å². The van der Waals surface area contributed by atoms with E-state index in [9.17, 15) is 0 Å². The molecule has 2 heteroatoms. The fourth-order valence-electron chi connectivity index (χ4n) is 3.27. The van der Waals surface area contributed by atoms with Gasteiger partial charge in [-0.25, -0.2) is 0 Å². The topological polar surface area (TPSA) is 15.3 Å². The molecule has 2 nitrogen and oxygen atoms in total. The second-order valence-electron chi connectivity index (χ2n) is 5.94. The Bertz CT molecular complexity index is 434. The number of allylic oxidation sites excluding steroid dienone is 7. The molecule has 0 amide bonds. The molecule has 1 saturated heterocycles. The van der Waals surface area contributed by atoms with E-state index in [2.05, 4.69) is 54.4 Å². The molecule has 116 valence electrons. The van der Waals surface area contributed by atoms with Gasteiger partial charge in [-0.15, -0.1) is 0 Å². The zero-order chi connectivity index (χ0) is 14.9. The van der Waals surface area contributed by atoms with Crippen LogP contribution >= 0.6 is 0 Å². The van der Waals surface area contributed by atoms with Crippen molar-refractivity contribution in [3.63, 3.8) is 0 Å². The number of hydrogen-bond acceptors (Lipinski definition) is 2. The van der Waals surface area contributed by atoms with Gasteiger partial charge in [0.2, 0.25) is 0 Å². The van der Waals surface area contributed by atoms with Gasteiger partial charge in [-0.1, -0.05) is 36.0 Å². The van der Waals surface area contributed by atoms with Gasteiger partial charge >= 0.3 is 0 Å². The predicted octanol–water partition coefficient (Wildman–Crippen LogP) is 3.84. The molecule has 1 heterocycles. The van der Waals surface area contributed by atoms with E-state index < -0.39 is 0 Å². The Morgan fingerprint density at radius 3 is 2.57 bits per heavy atom. The quantitative estimate of drug-likeness (QED) is 0.773. The normalized spacial score (nSPS) is 22.7. The SMILES string of the molecule is C\C=C/C=C\C(=C/C)C1=C(CN2CCNCC2)CCCC1. The Kier molecular flexibility index (Phi) is 6.98. The monoisotopic (exact) mass is 286 g/mol. The average Bonchev–Trinajstić information content (AvgIpc) is 2.54. The standard InChI is InChI=1S/C19H30N2/c1-3-5-6-9-17(4-2)19-11-8-7-10-18(19)16-21-14-12-20-13-15-21/h3-6,9,20H,7-8,10-16H2,1-2H3/b5-3-,9-6-,17-4+. The lowest BCUT2D eigenvalue weighted by molar-refractivity contribution is 0.255. The molecule has 0 atom stereocenters. The van der Waals surface area contributed by atoms with Gasteiger partial charge in [0, 0.05) is 32.7 Å². The zero-order valence-electron chi connectivity index (χ0n) is 13.7. The summed E-state index contributed by atoms with van der Waals surface area (Å²) in [6.07, 6.45) is 16.2. The number of nitrogens with one attached hydrogen (secondary N) is 1. The Labute approximate surface area is 130 Å². The molecule has 1 N–H and O–H groups in total. The summed E-state index contributed by atoms with van der Waals surface area (Å²) in [7, 11) is 0. The zero-order valence-corrected chi connectivity index (χ0v) is 13.7. The van der Waals surface area contributed by atoms with E-state index in [1.165, 1.54) is 50.9 Å². The second-order valence-corrected chi connectivity index (χ2v) is 5.94. The van der Waals surface area contributed by atoms with E-state index in [0.29, 0.717) is 0 Å². The maximum Gasteiger partial charge on any atom is 0.0200 e. The molecule has 21 heavy (non-hydrogen) atoms. The van der Waals surface area contributed by atoms with Crippen molar-refractivity contribution in [2.45, 2.75) is 39.5 Å². The largest absolute Gasteiger partial charge is 0.314 e. The molecular weight excluding hydrogens is 256 g/mol. The molecule has 0 saturated carbocycles.